The number of carbonyl (C=O) groups excluding carboxylic acids is 2. The Morgan fingerprint density at radius 3 is 2.45 bits per heavy atom. The number of carboxylic acids is 1. The zero-order valence-electron chi connectivity index (χ0n) is 10.4. The van der Waals surface area contributed by atoms with Crippen molar-refractivity contribution < 1.29 is 32.7 Å². The maximum atomic E-state index is 12.2. The van der Waals surface area contributed by atoms with Gasteiger partial charge in [-0.05, 0) is 0 Å². The molecule has 0 aromatic carbocycles. The van der Waals surface area contributed by atoms with E-state index in [0.717, 1.165) is 4.90 Å². The van der Waals surface area contributed by atoms with Gasteiger partial charge in [-0.25, -0.2) is 4.79 Å². The molecular weight excluding hydrogens is 283 g/mol. The number of alkyl halides is 3. The van der Waals surface area contributed by atoms with E-state index in [2.05, 4.69) is 5.32 Å². The number of halogens is 3. The fraction of sp³-hybridized carbons (Fsp3) is 0.700. The van der Waals surface area contributed by atoms with E-state index in [1.54, 1.807) is 0 Å². The summed E-state index contributed by atoms with van der Waals surface area (Å²) < 4.78 is 36.5. The van der Waals surface area contributed by atoms with Crippen LogP contribution in [0.2, 0.25) is 0 Å². The molecule has 20 heavy (non-hydrogen) atoms. The van der Waals surface area contributed by atoms with Crippen LogP contribution in [0.15, 0.2) is 0 Å². The molecule has 0 aromatic rings. The first-order chi connectivity index (χ1) is 9.19. The number of amides is 3. The van der Waals surface area contributed by atoms with Gasteiger partial charge >= 0.3 is 18.2 Å². The highest BCUT2D eigenvalue weighted by molar-refractivity contribution is 5.85. The van der Waals surface area contributed by atoms with E-state index in [1.807, 2.05) is 0 Å². The second kappa shape index (κ2) is 6.44. The molecule has 0 spiro atoms. The van der Waals surface area contributed by atoms with E-state index in [9.17, 15) is 27.6 Å². The summed E-state index contributed by atoms with van der Waals surface area (Å²) >= 11 is 0. The first kappa shape index (κ1) is 16.1. The molecule has 0 aliphatic carbocycles. The Balaban J connectivity index is 2.41. The molecule has 7 nitrogen and oxygen atoms in total. The normalized spacial score (nSPS) is 16.2. The Kier molecular flexibility index (Phi) is 5.17. The van der Waals surface area contributed by atoms with E-state index in [0.29, 0.717) is 4.90 Å². The second-order valence-corrected chi connectivity index (χ2v) is 4.23. The number of nitrogens with zero attached hydrogens (tertiary/aromatic N) is 2. The molecule has 2 N–H and O–H groups in total. The van der Waals surface area contributed by atoms with Gasteiger partial charge in [-0.3, -0.25) is 9.59 Å². The average molecular weight is 297 g/mol. The SMILES string of the molecule is O=C(O)CCNC(=O)N1CCN(CC(F)(F)F)C(=O)C1. The lowest BCUT2D eigenvalue weighted by molar-refractivity contribution is -0.164. The maximum Gasteiger partial charge on any atom is 0.406 e. The highest BCUT2D eigenvalue weighted by atomic mass is 19.4. The Labute approximate surface area is 112 Å². The van der Waals surface area contributed by atoms with Gasteiger partial charge in [0.1, 0.15) is 13.1 Å². The molecule has 0 radical (unpaired) electrons. The fourth-order valence-electron chi connectivity index (χ4n) is 1.65. The standard InChI is InChI=1S/C10H14F3N3O4/c11-10(12,13)6-16-4-3-15(5-7(16)17)9(20)14-2-1-8(18)19/h1-6H2,(H,14,20)(H,18,19). The molecule has 0 saturated carbocycles. The van der Waals surface area contributed by atoms with Crippen molar-refractivity contribution in [1.29, 1.82) is 0 Å². The minimum atomic E-state index is -4.47. The van der Waals surface area contributed by atoms with Crippen LogP contribution in [0.1, 0.15) is 6.42 Å². The minimum Gasteiger partial charge on any atom is -0.481 e. The van der Waals surface area contributed by atoms with Crippen LogP contribution in [0.3, 0.4) is 0 Å². The molecule has 0 bridgehead atoms. The highest BCUT2D eigenvalue weighted by Crippen LogP contribution is 2.18. The van der Waals surface area contributed by atoms with Crippen molar-refractivity contribution in [3.8, 4) is 0 Å². The molecule has 0 aromatic heterocycles. The number of hydrogen-bond acceptors (Lipinski definition) is 3. The summed E-state index contributed by atoms with van der Waals surface area (Å²) in [6.45, 7) is -2.12. The summed E-state index contributed by atoms with van der Waals surface area (Å²) in [6, 6.07) is -0.661. The monoisotopic (exact) mass is 297 g/mol. The maximum absolute atomic E-state index is 12.2. The molecular formula is C10H14F3N3O4. The number of hydrogen-bond donors (Lipinski definition) is 2. The van der Waals surface area contributed by atoms with Crippen LogP contribution in [0.5, 0.6) is 0 Å². The van der Waals surface area contributed by atoms with E-state index in [1.165, 1.54) is 0 Å². The molecule has 3 amide bonds. The lowest BCUT2D eigenvalue weighted by atomic mass is 10.3. The smallest absolute Gasteiger partial charge is 0.406 e. The van der Waals surface area contributed by atoms with Crippen molar-refractivity contribution in [1.82, 2.24) is 15.1 Å². The number of rotatable bonds is 4. The third kappa shape index (κ3) is 5.33. The average Bonchev–Trinajstić information content (AvgIpc) is 2.29. The van der Waals surface area contributed by atoms with E-state index in [-0.39, 0.29) is 26.1 Å². The van der Waals surface area contributed by atoms with Gasteiger partial charge in [-0.15, -0.1) is 0 Å². The summed E-state index contributed by atoms with van der Waals surface area (Å²) in [6.07, 6.45) is -4.74. The van der Waals surface area contributed by atoms with Crippen LogP contribution in [0.4, 0.5) is 18.0 Å². The van der Waals surface area contributed by atoms with Gasteiger partial charge in [0.2, 0.25) is 5.91 Å². The largest absolute Gasteiger partial charge is 0.481 e. The van der Waals surface area contributed by atoms with Crippen molar-refractivity contribution in [2.75, 3.05) is 32.7 Å². The van der Waals surface area contributed by atoms with Crippen LogP contribution < -0.4 is 5.32 Å². The van der Waals surface area contributed by atoms with Crippen LogP contribution in [0.25, 0.3) is 0 Å². The molecule has 1 rings (SSSR count). The molecule has 0 atom stereocenters. The topological polar surface area (TPSA) is 89.9 Å². The van der Waals surface area contributed by atoms with Crippen molar-refractivity contribution in [2.45, 2.75) is 12.6 Å². The van der Waals surface area contributed by atoms with Crippen molar-refractivity contribution >= 4 is 17.9 Å². The number of urea groups is 1. The summed E-state index contributed by atoms with van der Waals surface area (Å²) in [7, 11) is 0. The number of piperazine rings is 1. The molecule has 1 fully saturated rings. The number of carbonyl (C=O) groups is 3. The number of nitrogens with one attached hydrogen (secondary N) is 1. The van der Waals surface area contributed by atoms with Crippen LogP contribution in [-0.2, 0) is 9.59 Å². The lowest BCUT2D eigenvalue weighted by Crippen LogP contribution is -2.56. The summed E-state index contributed by atoms with van der Waals surface area (Å²) in [5.74, 6) is -1.88. The van der Waals surface area contributed by atoms with Crippen LogP contribution >= 0.6 is 0 Å². The first-order valence-electron chi connectivity index (χ1n) is 5.78. The molecule has 0 unspecified atom stereocenters. The van der Waals surface area contributed by atoms with Gasteiger partial charge in [0, 0.05) is 19.6 Å². The van der Waals surface area contributed by atoms with Crippen molar-refractivity contribution in [3.63, 3.8) is 0 Å². The molecule has 1 heterocycles. The predicted octanol–water partition coefficient (Wildman–Crippen LogP) is -0.123. The summed E-state index contributed by atoms with van der Waals surface area (Å²) in [4.78, 5) is 35.0. The highest BCUT2D eigenvalue weighted by Gasteiger charge is 2.36. The molecule has 1 aliphatic rings. The number of carboxylic acid groups (broad SMARTS) is 1. The fourth-order valence-corrected chi connectivity index (χ4v) is 1.65. The van der Waals surface area contributed by atoms with Crippen LogP contribution in [-0.4, -0.2) is 71.7 Å². The van der Waals surface area contributed by atoms with E-state index < -0.39 is 37.2 Å². The van der Waals surface area contributed by atoms with Crippen LogP contribution in [0, 0.1) is 0 Å². The van der Waals surface area contributed by atoms with Gasteiger partial charge in [0.15, 0.2) is 0 Å². The molecule has 10 heteroatoms. The quantitative estimate of drug-likeness (QED) is 0.757. The van der Waals surface area contributed by atoms with E-state index in [4.69, 9.17) is 5.11 Å². The third-order valence-corrected chi connectivity index (χ3v) is 2.59. The van der Waals surface area contributed by atoms with Gasteiger partial charge in [-0.1, -0.05) is 0 Å². The predicted molar refractivity (Wildman–Crippen MR) is 59.9 cm³/mol. The summed E-state index contributed by atoms with van der Waals surface area (Å²) in [5, 5.41) is 10.7. The zero-order chi connectivity index (χ0) is 15.3. The molecule has 1 saturated heterocycles. The summed E-state index contributed by atoms with van der Waals surface area (Å²) in [5.41, 5.74) is 0. The Morgan fingerprint density at radius 1 is 1.30 bits per heavy atom. The lowest BCUT2D eigenvalue weighted by Gasteiger charge is -2.34. The van der Waals surface area contributed by atoms with Crippen molar-refractivity contribution in [3.05, 3.63) is 0 Å². The first-order valence-corrected chi connectivity index (χ1v) is 5.78. The Morgan fingerprint density at radius 2 is 1.95 bits per heavy atom. The van der Waals surface area contributed by atoms with Gasteiger partial charge in [0.05, 0.1) is 6.42 Å². The molecule has 1 aliphatic heterocycles. The van der Waals surface area contributed by atoms with Gasteiger partial charge in [0.25, 0.3) is 0 Å². The number of aliphatic carboxylic acids is 1. The molecule has 114 valence electrons. The van der Waals surface area contributed by atoms with E-state index >= 15 is 0 Å². The Bertz CT molecular complexity index is 400. The third-order valence-electron chi connectivity index (χ3n) is 2.59. The zero-order valence-corrected chi connectivity index (χ0v) is 10.4. The van der Waals surface area contributed by atoms with Gasteiger partial charge in [-0.2, -0.15) is 13.2 Å². The van der Waals surface area contributed by atoms with Gasteiger partial charge < -0.3 is 20.2 Å². The Hall–Kier alpha value is -2.00. The minimum absolute atomic E-state index is 0.0271. The van der Waals surface area contributed by atoms with Crippen molar-refractivity contribution in [2.24, 2.45) is 0 Å². The second-order valence-electron chi connectivity index (χ2n) is 4.23.